The first-order valence-electron chi connectivity index (χ1n) is 17.6. The van der Waals surface area contributed by atoms with E-state index in [4.69, 9.17) is 9.84 Å². The molecule has 0 radical (unpaired) electrons. The van der Waals surface area contributed by atoms with E-state index in [1.165, 1.54) is 64.2 Å². The molecule has 0 aliphatic rings. The minimum Gasteiger partial charge on any atom is -0.481 e. The fourth-order valence-corrected chi connectivity index (χ4v) is 5.02. The van der Waals surface area contributed by atoms with Crippen LogP contribution >= 0.6 is 0 Å². The minimum atomic E-state index is -0.709. The lowest BCUT2D eigenvalue weighted by molar-refractivity contribution is -0.149. The third kappa shape index (κ3) is 32.4. The number of carboxylic acids is 1. The maximum Gasteiger partial charge on any atom is 0.306 e. The predicted octanol–water partition coefficient (Wildman–Crippen LogP) is 12.0. The number of carbonyl (C=O) groups excluding carboxylic acids is 1. The fraction of sp³-hybridized carbons (Fsp3) is 0.737. The van der Waals surface area contributed by atoms with E-state index in [1.807, 2.05) is 0 Å². The fourth-order valence-electron chi connectivity index (χ4n) is 5.02. The Hall–Kier alpha value is -2.10. The van der Waals surface area contributed by atoms with Gasteiger partial charge in [-0.05, 0) is 64.2 Å². The lowest BCUT2D eigenvalue weighted by Gasteiger charge is -2.18. The molecule has 0 rings (SSSR count). The van der Waals surface area contributed by atoms with E-state index in [0.29, 0.717) is 6.42 Å². The van der Waals surface area contributed by atoms with Gasteiger partial charge in [0.1, 0.15) is 6.10 Å². The smallest absolute Gasteiger partial charge is 0.306 e. The van der Waals surface area contributed by atoms with Gasteiger partial charge >= 0.3 is 11.9 Å². The van der Waals surface area contributed by atoms with Gasteiger partial charge in [-0.25, -0.2) is 0 Å². The highest BCUT2D eigenvalue weighted by atomic mass is 16.5. The summed E-state index contributed by atoms with van der Waals surface area (Å²) >= 11 is 0. The molecule has 4 heteroatoms. The Morgan fingerprint density at radius 2 is 0.976 bits per heavy atom. The molecule has 4 nitrogen and oxygen atoms in total. The average Bonchev–Trinajstić information content (AvgIpc) is 2.97. The summed E-state index contributed by atoms with van der Waals surface area (Å²) in [5.74, 6) is -0.786. The SMILES string of the molecule is CC/C=C\C/C=C\C/C=C\C/C=C\CCC(=O)OC(CCCCCCCCCCCCC)CCCCCCCC(=O)O. The molecule has 0 spiro atoms. The third-order valence-corrected chi connectivity index (χ3v) is 7.58. The largest absolute Gasteiger partial charge is 0.481 e. The second-order valence-corrected chi connectivity index (χ2v) is 11.7. The van der Waals surface area contributed by atoms with Gasteiger partial charge in [-0.15, -0.1) is 0 Å². The van der Waals surface area contributed by atoms with Crippen LogP contribution in [-0.4, -0.2) is 23.1 Å². The molecule has 0 aliphatic carbocycles. The maximum atomic E-state index is 12.6. The maximum absolute atomic E-state index is 12.6. The molecule has 0 fully saturated rings. The molecular formula is C38H66O4. The monoisotopic (exact) mass is 586 g/mol. The molecule has 242 valence electrons. The number of rotatable bonds is 31. The van der Waals surface area contributed by atoms with Crippen LogP contribution in [0.25, 0.3) is 0 Å². The van der Waals surface area contributed by atoms with Gasteiger partial charge in [0, 0.05) is 12.8 Å². The van der Waals surface area contributed by atoms with E-state index in [2.05, 4.69) is 62.5 Å². The number of unbranched alkanes of at least 4 members (excludes halogenated alkanes) is 14. The lowest BCUT2D eigenvalue weighted by atomic mass is 10.0. The van der Waals surface area contributed by atoms with Crippen molar-refractivity contribution in [3.63, 3.8) is 0 Å². The zero-order valence-corrected chi connectivity index (χ0v) is 27.5. The third-order valence-electron chi connectivity index (χ3n) is 7.58. The number of carbonyl (C=O) groups is 2. The minimum absolute atomic E-state index is 0.0208. The summed E-state index contributed by atoms with van der Waals surface area (Å²) in [5.41, 5.74) is 0. The van der Waals surface area contributed by atoms with Gasteiger partial charge in [0.25, 0.3) is 0 Å². The van der Waals surface area contributed by atoms with E-state index < -0.39 is 5.97 Å². The summed E-state index contributed by atoms with van der Waals surface area (Å²) in [6, 6.07) is 0. The van der Waals surface area contributed by atoms with Crippen LogP contribution < -0.4 is 0 Å². The standard InChI is InChI=1S/C38H66O4/c1-3-5-7-9-11-13-15-16-18-20-22-27-31-35-38(41)42-36(33-29-25-23-26-30-34-37(39)40)32-28-24-21-19-17-14-12-10-8-6-4-2/h5,7,11,13,16,18,22,27,36H,3-4,6,8-10,12,14-15,17,19-21,23-26,28-35H2,1-2H3,(H,39,40)/b7-5-,13-11-,18-16-,27-22-. The summed E-state index contributed by atoms with van der Waals surface area (Å²) in [7, 11) is 0. The topological polar surface area (TPSA) is 63.6 Å². The number of allylic oxidation sites excluding steroid dienone is 8. The van der Waals surface area contributed by atoms with E-state index >= 15 is 0 Å². The molecular weight excluding hydrogens is 520 g/mol. The first-order valence-corrected chi connectivity index (χ1v) is 17.6. The van der Waals surface area contributed by atoms with Gasteiger partial charge in [0.05, 0.1) is 0 Å². The van der Waals surface area contributed by atoms with Crippen LogP contribution in [0.1, 0.15) is 174 Å². The molecule has 1 N–H and O–H groups in total. The molecule has 0 aliphatic heterocycles. The quantitative estimate of drug-likeness (QED) is 0.0498. The first-order chi connectivity index (χ1) is 20.6. The Labute approximate surface area is 260 Å². The van der Waals surface area contributed by atoms with Crippen LogP contribution in [0.5, 0.6) is 0 Å². The highest BCUT2D eigenvalue weighted by Crippen LogP contribution is 2.18. The summed E-state index contributed by atoms with van der Waals surface area (Å²) in [5, 5.41) is 8.79. The Morgan fingerprint density at radius 1 is 0.548 bits per heavy atom. The van der Waals surface area contributed by atoms with Crippen molar-refractivity contribution >= 4 is 11.9 Å². The molecule has 0 aromatic heterocycles. The van der Waals surface area contributed by atoms with Crippen LogP contribution in [-0.2, 0) is 14.3 Å². The van der Waals surface area contributed by atoms with Crippen molar-refractivity contribution in [2.75, 3.05) is 0 Å². The van der Waals surface area contributed by atoms with Crippen molar-refractivity contribution in [1.29, 1.82) is 0 Å². The van der Waals surface area contributed by atoms with Crippen LogP contribution in [0, 0.1) is 0 Å². The lowest BCUT2D eigenvalue weighted by Crippen LogP contribution is -2.18. The number of hydrogen-bond donors (Lipinski definition) is 1. The second-order valence-electron chi connectivity index (χ2n) is 11.7. The normalized spacial score (nSPS) is 12.8. The molecule has 1 atom stereocenters. The van der Waals surface area contributed by atoms with Crippen LogP contribution in [0.3, 0.4) is 0 Å². The first kappa shape index (κ1) is 39.9. The molecule has 0 saturated heterocycles. The summed E-state index contributed by atoms with van der Waals surface area (Å²) in [6.07, 6.45) is 44.1. The van der Waals surface area contributed by atoms with Crippen molar-refractivity contribution in [1.82, 2.24) is 0 Å². The number of carboxylic acid groups (broad SMARTS) is 1. The van der Waals surface area contributed by atoms with Crippen molar-refractivity contribution in [2.24, 2.45) is 0 Å². The van der Waals surface area contributed by atoms with E-state index in [9.17, 15) is 9.59 Å². The van der Waals surface area contributed by atoms with Gasteiger partial charge in [-0.2, -0.15) is 0 Å². The Morgan fingerprint density at radius 3 is 1.45 bits per heavy atom. The molecule has 42 heavy (non-hydrogen) atoms. The van der Waals surface area contributed by atoms with Crippen LogP contribution in [0.4, 0.5) is 0 Å². The Bertz CT molecular complexity index is 719. The summed E-state index contributed by atoms with van der Waals surface area (Å²) in [6.45, 7) is 4.42. The zero-order chi connectivity index (χ0) is 30.8. The molecule has 0 heterocycles. The Balaban J connectivity index is 4.20. The van der Waals surface area contributed by atoms with Gasteiger partial charge in [0.15, 0.2) is 0 Å². The number of ether oxygens (including phenoxy) is 1. The molecule has 0 amide bonds. The Kier molecular flexibility index (Phi) is 31.7. The molecule has 0 bridgehead atoms. The van der Waals surface area contributed by atoms with E-state index in [1.54, 1.807) is 0 Å². The molecule has 1 unspecified atom stereocenters. The van der Waals surface area contributed by atoms with Crippen LogP contribution in [0.2, 0.25) is 0 Å². The summed E-state index contributed by atoms with van der Waals surface area (Å²) < 4.78 is 5.93. The molecule has 0 aromatic rings. The number of esters is 1. The average molecular weight is 587 g/mol. The molecule has 0 saturated carbocycles. The highest BCUT2D eigenvalue weighted by molar-refractivity contribution is 5.69. The van der Waals surface area contributed by atoms with Crippen molar-refractivity contribution < 1.29 is 19.4 Å². The van der Waals surface area contributed by atoms with Gasteiger partial charge < -0.3 is 9.84 Å². The molecule has 0 aromatic carbocycles. The second kappa shape index (κ2) is 33.4. The van der Waals surface area contributed by atoms with Gasteiger partial charge in [-0.1, -0.05) is 146 Å². The zero-order valence-electron chi connectivity index (χ0n) is 27.5. The van der Waals surface area contributed by atoms with E-state index in [-0.39, 0.29) is 18.5 Å². The van der Waals surface area contributed by atoms with E-state index in [0.717, 1.165) is 83.5 Å². The summed E-state index contributed by atoms with van der Waals surface area (Å²) in [4.78, 5) is 23.2. The number of aliphatic carboxylic acids is 1. The van der Waals surface area contributed by atoms with Crippen molar-refractivity contribution in [3.8, 4) is 0 Å². The van der Waals surface area contributed by atoms with Gasteiger partial charge in [-0.3, -0.25) is 9.59 Å². The van der Waals surface area contributed by atoms with Crippen molar-refractivity contribution in [2.45, 2.75) is 180 Å². The highest BCUT2D eigenvalue weighted by Gasteiger charge is 2.14. The van der Waals surface area contributed by atoms with Gasteiger partial charge in [0.2, 0.25) is 0 Å². The predicted molar refractivity (Wildman–Crippen MR) is 181 cm³/mol. The number of hydrogen-bond acceptors (Lipinski definition) is 3. The van der Waals surface area contributed by atoms with Crippen LogP contribution in [0.15, 0.2) is 48.6 Å². The van der Waals surface area contributed by atoms with Crippen molar-refractivity contribution in [3.05, 3.63) is 48.6 Å².